The van der Waals surface area contributed by atoms with Crippen LogP contribution in [0.5, 0.6) is 5.75 Å². The van der Waals surface area contributed by atoms with Gasteiger partial charge in [-0.05, 0) is 43.0 Å². The fraction of sp³-hybridized carbons (Fsp3) is 0.444. The van der Waals surface area contributed by atoms with Gasteiger partial charge in [0.2, 0.25) is 0 Å². The Morgan fingerprint density at radius 1 is 1.42 bits per heavy atom. The van der Waals surface area contributed by atoms with Crippen LogP contribution in [0.2, 0.25) is 0 Å². The first-order valence-electron chi connectivity index (χ1n) is 8.25. The van der Waals surface area contributed by atoms with Crippen LogP contribution in [0, 0.1) is 5.92 Å². The summed E-state index contributed by atoms with van der Waals surface area (Å²) >= 11 is 1.49. The number of likely N-dealkylation sites (tertiary alicyclic amines) is 1. The molecule has 0 radical (unpaired) electrons. The van der Waals surface area contributed by atoms with E-state index < -0.39 is 0 Å². The van der Waals surface area contributed by atoms with Gasteiger partial charge in [-0.2, -0.15) is 0 Å². The zero-order valence-corrected chi connectivity index (χ0v) is 14.9. The molecule has 1 aliphatic heterocycles. The first-order valence-corrected chi connectivity index (χ1v) is 9.13. The van der Waals surface area contributed by atoms with Gasteiger partial charge >= 0.3 is 0 Å². The van der Waals surface area contributed by atoms with Gasteiger partial charge in [-0.1, -0.05) is 6.92 Å². The number of ether oxygens (including phenoxy) is 1. The van der Waals surface area contributed by atoms with E-state index >= 15 is 0 Å². The average molecular weight is 345 g/mol. The van der Waals surface area contributed by atoms with E-state index in [0.717, 1.165) is 35.7 Å². The third-order valence-electron chi connectivity index (χ3n) is 4.68. The van der Waals surface area contributed by atoms with Crippen LogP contribution in [0.3, 0.4) is 0 Å². The molecular weight excluding hydrogens is 322 g/mol. The van der Waals surface area contributed by atoms with E-state index in [0.29, 0.717) is 18.2 Å². The molecule has 1 amide bonds. The minimum atomic E-state index is -0.00647. The van der Waals surface area contributed by atoms with Crippen LogP contribution in [-0.2, 0) is 0 Å². The third-order valence-corrected chi connectivity index (χ3v) is 5.57. The van der Waals surface area contributed by atoms with Gasteiger partial charge in [0.1, 0.15) is 16.5 Å². The van der Waals surface area contributed by atoms with Gasteiger partial charge in [-0.3, -0.25) is 4.79 Å². The number of thiazole rings is 1. The Balaban J connectivity index is 1.80. The number of aromatic nitrogens is 1. The lowest BCUT2D eigenvalue weighted by Crippen LogP contribution is -2.51. The molecule has 1 fully saturated rings. The molecular formula is C18H23N3O2S. The second-order valence-electron chi connectivity index (χ2n) is 6.19. The lowest BCUT2D eigenvalue weighted by Gasteiger charge is -2.39. The van der Waals surface area contributed by atoms with Crippen molar-refractivity contribution in [1.29, 1.82) is 0 Å². The summed E-state index contributed by atoms with van der Waals surface area (Å²) in [7, 11) is 1.64. The summed E-state index contributed by atoms with van der Waals surface area (Å²) in [6.45, 7) is 3.43. The second-order valence-corrected chi connectivity index (χ2v) is 7.05. The highest BCUT2D eigenvalue weighted by atomic mass is 32.1. The summed E-state index contributed by atoms with van der Waals surface area (Å²) in [6, 6.07) is 7.82. The van der Waals surface area contributed by atoms with Crippen molar-refractivity contribution in [3.05, 3.63) is 35.3 Å². The molecule has 24 heavy (non-hydrogen) atoms. The van der Waals surface area contributed by atoms with E-state index in [1.165, 1.54) is 11.3 Å². The van der Waals surface area contributed by atoms with Gasteiger partial charge in [-0.15, -0.1) is 11.3 Å². The molecule has 0 saturated carbocycles. The van der Waals surface area contributed by atoms with Crippen LogP contribution in [0.15, 0.2) is 29.6 Å². The SMILES string of the molecule is COc1ccc(-c2nc(C(=O)N3CCCC(C)C3CN)cs2)cc1. The van der Waals surface area contributed by atoms with Gasteiger partial charge in [0.25, 0.3) is 5.91 Å². The number of nitrogens with two attached hydrogens (primary N) is 1. The van der Waals surface area contributed by atoms with Crippen LogP contribution >= 0.6 is 11.3 Å². The zero-order chi connectivity index (χ0) is 17.1. The third kappa shape index (κ3) is 3.30. The highest BCUT2D eigenvalue weighted by molar-refractivity contribution is 7.13. The molecule has 2 unspecified atom stereocenters. The summed E-state index contributed by atoms with van der Waals surface area (Å²) in [6.07, 6.45) is 2.15. The maximum Gasteiger partial charge on any atom is 0.273 e. The number of benzene rings is 1. The van der Waals surface area contributed by atoms with Crippen molar-refractivity contribution < 1.29 is 9.53 Å². The monoisotopic (exact) mass is 345 g/mol. The maximum absolute atomic E-state index is 12.9. The molecule has 128 valence electrons. The fourth-order valence-electron chi connectivity index (χ4n) is 3.25. The van der Waals surface area contributed by atoms with E-state index in [-0.39, 0.29) is 11.9 Å². The quantitative estimate of drug-likeness (QED) is 0.925. The van der Waals surface area contributed by atoms with Crippen molar-refractivity contribution in [2.45, 2.75) is 25.8 Å². The molecule has 6 heteroatoms. The largest absolute Gasteiger partial charge is 0.497 e. The molecule has 3 rings (SSSR count). The predicted octanol–water partition coefficient (Wildman–Crippen LogP) is 3.02. The lowest BCUT2D eigenvalue weighted by molar-refractivity contribution is 0.0527. The summed E-state index contributed by atoms with van der Waals surface area (Å²) < 4.78 is 5.17. The van der Waals surface area contributed by atoms with Gasteiger partial charge in [-0.25, -0.2) is 4.98 Å². The van der Waals surface area contributed by atoms with Crippen molar-refractivity contribution in [2.75, 3.05) is 20.2 Å². The van der Waals surface area contributed by atoms with Crippen LogP contribution in [0.4, 0.5) is 0 Å². The number of piperidine rings is 1. The molecule has 2 N–H and O–H groups in total. The molecule has 1 aromatic heterocycles. The first-order chi connectivity index (χ1) is 11.6. The highest BCUT2D eigenvalue weighted by Gasteiger charge is 2.32. The number of carbonyl (C=O) groups excluding carboxylic acids is 1. The Morgan fingerprint density at radius 3 is 2.83 bits per heavy atom. The molecule has 0 bridgehead atoms. The first kappa shape index (κ1) is 16.9. The minimum Gasteiger partial charge on any atom is -0.497 e. The molecule has 5 nitrogen and oxygen atoms in total. The Bertz CT molecular complexity index is 699. The Kier molecular flexibility index (Phi) is 5.16. The highest BCUT2D eigenvalue weighted by Crippen LogP contribution is 2.28. The number of rotatable bonds is 4. The van der Waals surface area contributed by atoms with Crippen LogP contribution in [-0.4, -0.2) is 42.0 Å². The van der Waals surface area contributed by atoms with E-state index in [1.54, 1.807) is 7.11 Å². The normalized spacial score (nSPS) is 20.9. The molecule has 1 aromatic carbocycles. The van der Waals surface area contributed by atoms with E-state index in [4.69, 9.17) is 10.5 Å². The number of carbonyl (C=O) groups is 1. The van der Waals surface area contributed by atoms with Crippen LogP contribution in [0.1, 0.15) is 30.3 Å². The predicted molar refractivity (Wildman–Crippen MR) is 96.4 cm³/mol. The fourth-order valence-corrected chi connectivity index (χ4v) is 4.05. The Morgan fingerprint density at radius 2 is 2.17 bits per heavy atom. The van der Waals surface area contributed by atoms with Crippen molar-refractivity contribution in [1.82, 2.24) is 9.88 Å². The Labute approximate surface area is 146 Å². The molecule has 0 aliphatic carbocycles. The van der Waals surface area contributed by atoms with E-state index in [2.05, 4.69) is 11.9 Å². The summed E-state index contributed by atoms with van der Waals surface area (Å²) in [5, 5.41) is 2.68. The zero-order valence-electron chi connectivity index (χ0n) is 14.1. The molecule has 1 saturated heterocycles. The van der Waals surface area contributed by atoms with E-state index in [1.807, 2.05) is 34.5 Å². The van der Waals surface area contributed by atoms with Gasteiger partial charge in [0, 0.05) is 30.1 Å². The maximum atomic E-state index is 12.9. The number of amides is 1. The number of hydrogen-bond acceptors (Lipinski definition) is 5. The molecule has 0 spiro atoms. The Hall–Kier alpha value is -1.92. The molecule has 2 atom stereocenters. The second kappa shape index (κ2) is 7.32. The van der Waals surface area contributed by atoms with E-state index in [9.17, 15) is 4.79 Å². The molecule has 2 aromatic rings. The van der Waals surface area contributed by atoms with Crippen molar-refractivity contribution in [2.24, 2.45) is 11.7 Å². The minimum absolute atomic E-state index is 0.00647. The molecule has 2 heterocycles. The van der Waals surface area contributed by atoms with Gasteiger partial charge in [0.15, 0.2) is 0 Å². The van der Waals surface area contributed by atoms with Crippen molar-refractivity contribution in [3.63, 3.8) is 0 Å². The summed E-state index contributed by atoms with van der Waals surface area (Å²) in [5.74, 6) is 1.24. The standard InChI is InChI=1S/C18H23N3O2S/c1-12-4-3-9-21(16(12)10-19)18(22)15-11-24-17(20-15)13-5-7-14(23-2)8-6-13/h5-8,11-12,16H,3-4,9-10,19H2,1-2H3. The summed E-state index contributed by atoms with van der Waals surface area (Å²) in [4.78, 5) is 19.3. The topological polar surface area (TPSA) is 68.5 Å². The lowest BCUT2D eigenvalue weighted by atomic mass is 9.90. The smallest absolute Gasteiger partial charge is 0.273 e. The number of nitrogens with zero attached hydrogens (tertiary/aromatic N) is 2. The summed E-state index contributed by atoms with van der Waals surface area (Å²) in [5.41, 5.74) is 7.40. The average Bonchev–Trinajstić information content (AvgIpc) is 3.11. The van der Waals surface area contributed by atoms with Gasteiger partial charge < -0.3 is 15.4 Å². The van der Waals surface area contributed by atoms with Gasteiger partial charge in [0.05, 0.1) is 7.11 Å². The van der Waals surface area contributed by atoms with Crippen LogP contribution in [0.25, 0.3) is 10.6 Å². The van der Waals surface area contributed by atoms with Crippen molar-refractivity contribution in [3.8, 4) is 16.3 Å². The number of methoxy groups -OCH3 is 1. The molecule has 1 aliphatic rings. The van der Waals surface area contributed by atoms with Crippen LogP contribution < -0.4 is 10.5 Å². The van der Waals surface area contributed by atoms with Crippen molar-refractivity contribution >= 4 is 17.2 Å². The number of hydrogen-bond donors (Lipinski definition) is 1.